The van der Waals surface area contributed by atoms with Gasteiger partial charge in [-0.05, 0) is 67.5 Å². The Hall–Kier alpha value is -4.72. The number of rotatable bonds is 7. The van der Waals surface area contributed by atoms with Gasteiger partial charge >= 0.3 is 0 Å². The molecule has 49 heavy (non-hydrogen) atoms. The lowest BCUT2D eigenvalue weighted by Crippen LogP contribution is -2.57. The minimum Gasteiger partial charge on any atom is -0.497 e. The van der Waals surface area contributed by atoms with Crippen LogP contribution in [0.1, 0.15) is 62.5 Å². The molecule has 1 aliphatic heterocycles. The van der Waals surface area contributed by atoms with E-state index in [1.165, 1.54) is 16.2 Å². The molecule has 1 fully saturated rings. The molecule has 0 saturated carbocycles. The molecule has 4 rings (SSSR count). The lowest BCUT2D eigenvalue weighted by Gasteiger charge is -2.31. The molecule has 4 atom stereocenters. The first-order valence-electron chi connectivity index (χ1n) is 16.4. The molecule has 0 unspecified atom stereocenters. The number of thiazole rings is 1. The van der Waals surface area contributed by atoms with E-state index < -0.39 is 53.7 Å². The normalized spacial score (nSPS) is 21.4. The summed E-state index contributed by atoms with van der Waals surface area (Å²) in [6, 6.07) is 6.92. The van der Waals surface area contributed by atoms with Crippen LogP contribution in [0.2, 0.25) is 0 Å². The Morgan fingerprint density at radius 2 is 1.65 bits per heavy atom. The second-order valence-corrected chi connectivity index (χ2v) is 14.4. The van der Waals surface area contributed by atoms with Crippen LogP contribution in [-0.2, 0) is 25.6 Å². The lowest BCUT2D eigenvalue weighted by atomic mass is 10.0. The Bertz CT molecular complexity index is 1690. The predicted molar refractivity (Wildman–Crippen MR) is 189 cm³/mol. The average Bonchev–Trinajstić information content (AvgIpc) is 3.43. The Balaban J connectivity index is 1.70. The SMILES string of the molecule is COc1ccc(C[C@@H]2NC(=O)[C@H](CC(C)C)NC(=O)CN(C(=O)c3cc(C)c4nc(N)sc4c3)C[C@H](C(C)C)NC(=O)[C@@H](C)NC2=O)cc1. The maximum absolute atomic E-state index is 14.1. The van der Waals surface area contributed by atoms with Gasteiger partial charge in [0.15, 0.2) is 5.13 Å². The van der Waals surface area contributed by atoms with Gasteiger partial charge in [-0.3, -0.25) is 24.0 Å². The van der Waals surface area contributed by atoms with Crippen molar-refractivity contribution in [1.82, 2.24) is 31.2 Å². The molecule has 6 N–H and O–H groups in total. The molecule has 0 bridgehead atoms. The maximum Gasteiger partial charge on any atom is 0.254 e. The number of hydrogen-bond acceptors (Lipinski definition) is 9. The third-order valence-corrected chi connectivity index (χ3v) is 9.29. The fraction of sp³-hybridized carbons (Fsp3) is 0.486. The highest BCUT2D eigenvalue weighted by Crippen LogP contribution is 2.28. The van der Waals surface area contributed by atoms with Gasteiger partial charge in [0.1, 0.15) is 23.9 Å². The number of amides is 5. The van der Waals surface area contributed by atoms with Gasteiger partial charge in [0.05, 0.1) is 23.9 Å². The van der Waals surface area contributed by atoms with Crippen molar-refractivity contribution in [3.8, 4) is 5.75 Å². The monoisotopic (exact) mass is 693 g/mol. The van der Waals surface area contributed by atoms with E-state index in [4.69, 9.17) is 10.5 Å². The summed E-state index contributed by atoms with van der Waals surface area (Å²) in [5.74, 6) is -2.05. The van der Waals surface area contributed by atoms with E-state index in [9.17, 15) is 24.0 Å². The van der Waals surface area contributed by atoms with Crippen molar-refractivity contribution in [1.29, 1.82) is 0 Å². The van der Waals surface area contributed by atoms with E-state index in [1.807, 2.05) is 34.6 Å². The van der Waals surface area contributed by atoms with E-state index in [2.05, 4.69) is 26.3 Å². The van der Waals surface area contributed by atoms with Crippen molar-refractivity contribution in [3.63, 3.8) is 0 Å². The van der Waals surface area contributed by atoms with E-state index >= 15 is 0 Å². The molecule has 5 amide bonds. The number of ether oxygens (including phenoxy) is 1. The standard InChI is InChI=1S/C35H47N7O6S/c1-18(2)12-25-33(46)39-26(14-22-8-10-24(48-7)11-9-22)32(45)37-21(6)31(44)40-27(19(3)4)16-42(17-29(43)38-25)34(47)23-13-20(5)30-28(15-23)49-35(36)41-30/h8-11,13,15,18-19,21,25-27H,12,14,16-17H2,1-7H3,(H2,36,41)(H,37,45)(H,38,43)(H,39,46)(H,40,44)/t21-,25+,26+,27-/m1/s1. The number of hydrogen-bond donors (Lipinski definition) is 5. The summed E-state index contributed by atoms with van der Waals surface area (Å²) < 4.78 is 5.98. The summed E-state index contributed by atoms with van der Waals surface area (Å²) in [5, 5.41) is 11.7. The number of carbonyl (C=O) groups excluding carboxylic acids is 5. The number of nitrogens with zero attached hydrogens (tertiary/aromatic N) is 2. The smallest absolute Gasteiger partial charge is 0.254 e. The topological polar surface area (TPSA) is 185 Å². The predicted octanol–water partition coefficient (Wildman–Crippen LogP) is 2.56. The number of methoxy groups -OCH3 is 1. The molecule has 14 heteroatoms. The number of fused-ring (bicyclic) bond motifs is 1. The fourth-order valence-corrected chi connectivity index (χ4v) is 6.53. The van der Waals surface area contributed by atoms with Gasteiger partial charge < -0.3 is 36.6 Å². The minimum absolute atomic E-state index is 0.000616. The highest BCUT2D eigenvalue weighted by atomic mass is 32.1. The Morgan fingerprint density at radius 3 is 2.29 bits per heavy atom. The molecule has 0 spiro atoms. The van der Waals surface area contributed by atoms with Gasteiger partial charge in [-0.2, -0.15) is 0 Å². The quantitative estimate of drug-likeness (QED) is 0.250. The van der Waals surface area contributed by atoms with Crippen LogP contribution < -0.4 is 31.7 Å². The number of aromatic nitrogens is 1. The van der Waals surface area contributed by atoms with Crippen LogP contribution in [0.3, 0.4) is 0 Å². The number of carbonyl (C=O) groups is 5. The zero-order valence-electron chi connectivity index (χ0n) is 29.1. The Labute approximate surface area is 290 Å². The van der Waals surface area contributed by atoms with Crippen LogP contribution in [0.25, 0.3) is 10.2 Å². The molecule has 3 aromatic rings. The Morgan fingerprint density at radius 1 is 0.980 bits per heavy atom. The van der Waals surface area contributed by atoms with Crippen LogP contribution in [0.5, 0.6) is 5.75 Å². The fourth-order valence-electron chi connectivity index (χ4n) is 5.68. The Kier molecular flexibility index (Phi) is 12.2. The second kappa shape index (κ2) is 16.1. The average molecular weight is 694 g/mol. The summed E-state index contributed by atoms with van der Waals surface area (Å²) in [7, 11) is 1.55. The third-order valence-electron chi connectivity index (χ3n) is 8.46. The van der Waals surface area contributed by atoms with Gasteiger partial charge in [0.25, 0.3) is 5.91 Å². The largest absolute Gasteiger partial charge is 0.497 e. The van der Waals surface area contributed by atoms with Crippen molar-refractivity contribution in [3.05, 3.63) is 53.1 Å². The molecule has 1 saturated heterocycles. The zero-order chi connectivity index (χ0) is 36.0. The van der Waals surface area contributed by atoms with E-state index in [0.717, 1.165) is 15.8 Å². The summed E-state index contributed by atoms with van der Waals surface area (Å²) in [6.07, 6.45) is 0.417. The molecule has 13 nitrogen and oxygen atoms in total. The number of benzene rings is 2. The number of anilines is 1. The molecule has 2 heterocycles. The van der Waals surface area contributed by atoms with Crippen molar-refractivity contribution >= 4 is 56.2 Å². The summed E-state index contributed by atoms with van der Waals surface area (Å²) >= 11 is 1.26. The van der Waals surface area contributed by atoms with Crippen LogP contribution in [0.15, 0.2) is 36.4 Å². The second-order valence-electron chi connectivity index (χ2n) is 13.3. The van der Waals surface area contributed by atoms with Crippen molar-refractivity contribution in [2.45, 2.75) is 78.6 Å². The summed E-state index contributed by atoms with van der Waals surface area (Å²) in [6.45, 7) is 10.7. The highest BCUT2D eigenvalue weighted by Gasteiger charge is 2.33. The van der Waals surface area contributed by atoms with Crippen molar-refractivity contribution in [2.24, 2.45) is 11.8 Å². The molecule has 0 aliphatic carbocycles. The minimum atomic E-state index is -1.05. The van der Waals surface area contributed by atoms with Gasteiger partial charge in [-0.25, -0.2) is 4.98 Å². The summed E-state index contributed by atoms with van der Waals surface area (Å²) in [4.78, 5) is 74.4. The zero-order valence-corrected chi connectivity index (χ0v) is 29.9. The van der Waals surface area contributed by atoms with Crippen molar-refractivity contribution in [2.75, 3.05) is 25.9 Å². The van der Waals surface area contributed by atoms with Gasteiger partial charge in [0, 0.05) is 24.6 Å². The first-order valence-corrected chi connectivity index (χ1v) is 17.3. The number of aryl methyl sites for hydroxylation is 1. The van der Waals surface area contributed by atoms with E-state index in [-0.39, 0.29) is 37.8 Å². The van der Waals surface area contributed by atoms with Crippen LogP contribution in [0.4, 0.5) is 5.13 Å². The molecular formula is C35H47N7O6S. The first-order chi connectivity index (χ1) is 23.1. The molecule has 0 radical (unpaired) electrons. The number of nitrogen functional groups attached to an aromatic ring is 1. The molecule has 264 valence electrons. The number of nitrogens with one attached hydrogen (secondary N) is 4. The first kappa shape index (κ1) is 37.1. The maximum atomic E-state index is 14.1. The highest BCUT2D eigenvalue weighted by molar-refractivity contribution is 7.22. The van der Waals surface area contributed by atoms with Gasteiger partial charge in [-0.1, -0.05) is 51.2 Å². The molecule has 1 aromatic heterocycles. The van der Waals surface area contributed by atoms with Crippen LogP contribution in [0, 0.1) is 18.8 Å². The van der Waals surface area contributed by atoms with Crippen LogP contribution in [-0.4, -0.2) is 83.8 Å². The van der Waals surface area contributed by atoms with Gasteiger partial charge in [0.2, 0.25) is 23.6 Å². The van der Waals surface area contributed by atoms with Crippen LogP contribution >= 0.6 is 11.3 Å². The lowest BCUT2D eigenvalue weighted by molar-refractivity contribution is -0.133. The number of nitrogens with two attached hydrogens (primary N) is 1. The third kappa shape index (κ3) is 9.68. The van der Waals surface area contributed by atoms with E-state index in [1.54, 1.807) is 50.4 Å². The van der Waals surface area contributed by atoms with E-state index in [0.29, 0.717) is 22.0 Å². The molecule has 2 aromatic carbocycles. The summed E-state index contributed by atoms with van der Waals surface area (Å²) in [5.41, 5.74) is 8.49. The van der Waals surface area contributed by atoms with Gasteiger partial charge in [-0.15, -0.1) is 0 Å². The molecular weight excluding hydrogens is 646 g/mol. The molecule has 1 aliphatic rings. The van der Waals surface area contributed by atoms with Crippen molar-refractivity contribution < 1.29 is 28.7 Å².